The van der Waals surface area contributed by atoms with Crippen LogP contribution in [0, 0.1) is 17.2 Å². The van der Waals surface area contributed by atoms with Crippen LogP contribution < -0.4 is 4.74 Å². The number of hydrogen-bond acceptors (Lipinski definition) is 5. The number of ether oxygens (including phenoxy) is 2. The number of rotatable bonds is 3. The van der Waals surface area contributed by atoms with Crippen LogP contribution in [0.5, 0.6) is 5.88 Å². The Kier molecular flexibility index (Phi) is 6.19. The Morgan fingerprint density at radius 1 is 1.30 bits per heavy atom. The molecule has 0 bridgehead atoms. The number of carbonyl (C=O) groups is 1. The van der Waals surface area contributed by atoms with Gasteiger partial charge in [-0.05, 0) is 45.6 Å². The van der Waals surface area contributed by atoms with Gasteiger partial charge in [-0.15, -0.1) is 0 Å². The highest BCUT2D eigenvalue weighted by atomic mass is 19.4. The number of alkyl halides is 3. The molecule has 2 rings (SSSR count). The highest BCUT2D eigenvalue weighted by molar-refractivity contribution is 5.68. The van der Waals surface area contributed by atoms with Gasteiger partial charge in [-0.25, -0.2) is 9.78 Å². The summed E-state index contributed by atoms with van der Waals surface area (Å²) in [5, 5.41) is 8.88. The van der Waals surface area contributed by atoms with Gasteiger partial charge in [0, 0.05) is 19.2 Å². The summed E-state index contributed by atoms with van der Waals surface area (Å²) in [6, 6.07) is 3.55. The Morgan fingerprint density at radius 2 is 1.93 bits per heavy atom. The smallest absolute Gasteiger partial charge is 0.433 e. The van der Waals surface area contributed by atoms with E-state index in [1.54, 1.807) is 31.7 Å². The van der Waals surface area contributed by atoms with Gasteiger partial charge in [0.05, 0.1) is 18.2 Å². The molecule has 148 valence electrons. The van der Waals surface area contributed by atoms with Gasteiger partial charge in [-0.1, -0.05) is 0 Å². The second kappa shape index (κ2) is 8.03. The Morgan fingerprint density at radius 3 is 2.44 bits per heavy atom. The zero-order chi connectivity index (χ0) is 20.2. The monoisotopic (exact) mass is 385 g/mol. The normalized spacial score (nSPS) is 16.0. The highest BCUT2D eigenvalue weighted by Crippen LogP contribution is 2.30. The number of aromatic nitrogens is 1. The molecule has 1 aromatic heterocycles. The third kappa shape index (κ3) is 6.31. The van der Waals surface area contributed by atoms with Crippen molar-refractivity contribution in [1.82, 2.24) is 9.88 Å². The quantitative estimate of drug-likeness (QED) is 0.786. The fourth-order valence-electron chi connectivity index (χ4n) is 2.60. The lowest BCUT2D eigenvalue weighted by Crippen LogP contribution is -2.42. The average molecular weight is 385 g/mol. The van der Waals surface area contributed by atoms with Crippen LogP contribution in [0.25, 0.3) is 0 Å². The van der Waals surface area contributed by atoms with E-state index < -0.39 is 17.5 Å². The van der Waals surface area contributed by atoms with Crippen LogP contribution in [0.2, 0.25) is 0 Å². The first kappa shape index (κ1) is 20.8. The van der Waals surface area contributed by atoms with Gasteiger partial charge in [-0.2, -0.15) is 18.4 Å². The first-order chi connectivity index (χ1) is 12.5. The minimum atomic E-state index is -4.65. The summed E-state index contributed by atoms with van der Waals surface area (Å²) in [5.41, 5.74) is -1.88. The van der Waals surface area contributed by atoms with Crippen molar-refractivity contribution in [3.05, 3.63) is 23.4 Å². The maximum absolute atomic E-state index is 12.8. The molecule has 6 nitrogen and oxygen atoms in total. The number of piperidine rings is 1. The Labute approximate surface area is 155 Å². The van der Waals surface area contributed by atoms with E-state index in [9.17, 15) is 18.0 Å². The summed E-state index contributed by atoms with van der Waals surface area (Å²) in [6.45, 7) is 6.53. The molecule has 1 aliphatic rings. The van der Waals surface area contributed by atoms with Crippen molar-refractivity contribution in [2.45, 2.75) is 45.4 Å². The molecule has 0 saturated carbocycles. The van der Waals surface area contributed by atoms with E-state index in [0.29, 0.717) is 32.0 Å². The number of hydrogen-bond donors (Lipinski definition) is 0. The minimum Gasteiger partial charge on any atom is -0.477 e. The molecule has 0 aromatic carbocycles. The summed E-state index contributed by atoms with van der Waals surface area (Å²) in [5.74, 6) is -0.151. The van der Waals surface area contributed by atoms with Crippen LogP contribution in [0.3, 0.4) is 0 Å². The molecule has 1 amide bonds. The Hall–Kier alpha value is -2.50. The number of carbonyl (C=O) groups excluding carboxylic acids is 1. The number of nitrogens with zero attached hydrogens (tertiary/aromatic N) is 3. The van der Waals surface area contributed by atoms with Crippen molar-refractivity contribution in [2.75, 3.05) is 19.7 Å². The van der Waals surface area contributed by atoms with Crippen LogP contribution in [-0.4, -0.2) is 41.3 Å². The molecule has 1 saturated heterocycles. The maximum atomic E-state index is 12.8. The third-order valence-electron chi connectivity index (χ3n) is 3.95. The minimum absolute atomic E-state index is 0.0746. The van der Waals surface area contributed by atoms with Crippen LogP contribution in [-0.2, 0) is 10.9 Å². The van der Waals surface area contributed by atoms with E-state index in [0.717, 1.165) is 0 Å². The average Bonchev–Trinajstić information content (AvgIpc) is 2.58. The van der Waals surface area contributed by atoms with Crippen LogP contribution in [0.1, 0.15) is 44.9 Å². The van der Waals surface area contributed by atoms with Gasteiger partial charge in [0.25, 0.3) is 0 Å². The van der Waals surface area contributed by atoms with E-state index in [2.05, 4.69) is 4.98 Å². The second-order valence-electron chi connectivity index (χ2n) is 7.41. The predicted octanol–water partition coefficient (Wildman–Crippen LogP) is 4.00. The van der Waals surface area contributed by atoms with E-state index >= 15 is 0 Å². The molecule has 27 heavy (non-hydrogen) atoms. The van der Waals surface area contributed by atoms with Gasteiger partial charge < -0.3 is 14.4 Å². The Bertz CT molecular complexity index is 715. The molecule has 0 N–H and O–H groups in total. The SMILES string of the molecule is CC(C)(C)OC(=O)N1CCC(COc2cc(C#N)cc(C(F)(F)F)n2)CC1. The van der Waals surface area contributed by atoms with Gasteiger partial charge >= 0.3 is 12.3 Å². The number of nitriles is 1. The number of likely N-dealkylation sites (tertiary alicyclic amines) is 1. The van der Waals surface area contributed by atoms with Crippen molar-refractivity contribution >= 4 is 6.09 Å². The van der Waals surface area contributed by atoms with Crippen LogP contribution in [0.15, 0.2) is 12.1 Å². The topological polar surface area (TPSA) is 75.4 Å². The lowest BCUT2D eigenvalue weighted by atomic mass is 9.98. The predicted molar refractivity (Wildman–Crippen MR) is 90.0 cm³/mol. The van der Waals surface area contributed by atoms with Crippen molar-refractivity contribution in [2.24, 2.45) is 5.92 Å². The van der Waals surface area contributed by atoms with Crippen molar-refractivity contribution < 1.29 is 27.4 Å². The maximum Gasteiger partial charge on any atom is 0.433 e. The molecular formula is C18H22F3N3O3. The zero-order valence-corrected chi connectivity index (χ0v) is 15.5. The largest absolute Gasteiger partial charge is 0.477 e. The zero-order valence-electron chi connectivity index (χ0n) is 15.5. The summed E-state index contributed by atoms with van der Waals surface area (Å²) in [7, 11) is 0. The van der Waals surface area contributed by atoms with E-state index in [4.69, 9.17) is 14.7 Å². The van der Waals surface area contributed by atoms with Crippen LogP contribution >= 0.6 is 0 Å². The number of halogens is 3. The molecule has 0 spiro atoms. The first-order valence-electron chi connectivity index (χ1n) is 8.58. The molecule has 0 radical (unpaired) electrons. The van der Waals surface area contributed by atoms with E-state index in [1.807, 2.05) is 0 Å². The summed E-state index contributed by atoms with van der Waals surface area (Å²) >= 11 is 0. The summed E-state index contributed by atoms with van der Waals surface area (Å²) in [6.07, 6.45) is -3.74. The van der Waals surface area contributed by atoms with Gasteiger partial charge in [0.15, 0.2) is 0 Å². The highest BCUT2D eigenvalue weighted by Gasteiger charge is 2.34. The molecule has 1 fully saturated rings. The van der Waals surface area contributed by atoms with Gasteiger partial charge in [-0.3, -0.25) is 0 Å². The second-order valence-corrected chi connectivity index (χ2v) is 7.41. The van der Waals surface area contributed by atoms with E-state index in [1.165, 1.54) is 6.07 Å². The van der Waals surface area contributed by atoms with Gasteiger partial charge in [0.1, 0.15) is 11.3 Å². The van der Waals surface area contributed by atoms with Crippen LogP contribution in [0.4, 0.5) is 18.0 Å². The number of amides is 1. The molecule has 1 aliphatic heterocycles. The van der Waals surface area contributed by atoms with Crippen molar-refractivity contribution in [3.63, 3.8) is 0 Å². The molecule has 1 aromatic rings. The molecule has 0 unspecified atom stereocenters. The molecular weight excluding hydrogens is 363 g/mol. The molecule has 2 heterocycles. The van der Waals surface area contributed by atoms with Gasteiger partial charge in [0.2, 0.25) is 5.88 Å². The third-order valence-corrected chi connectivity index (χ3v) is 3.95. The molecule has 0 aliphatic carbocycles. The molecule has 0 atom stereocenters. The van der Waals surface area contributed by atoms with Crippen molar-refractivity contribution in [1.29, 1.82) is 5.26 Å². The summed E-state index contributed by atoms with van der Waals surface area (Å²) < 4.78 is 49.2. The Balaban J connectivity index is 1.90. The van der Waals surface area contributed by atoms with E-state index in [-0.39, 0.29) is 30.1 Å². The van der Waals surface area contributed by atoms with Crippen molar-refractivity contribution in [3.8, 4) is 11.9 Å². The first-order valence-corrected chi connectivity index (χ1v) is 8.58. The molecule has 9 heteroatoms. The fraction of sp³-hybridized carbons (Fsp3) is 0.611. The standard InChI is InChI=1S/C18H22F3N3O3/c1-17(2,3)27-16(25)24-6-4-12(5-7-24)11-26-15-9-13(10-22)8-14(23-15)18(19,20)21/h8-9,12H,4-7,11H2,1-3H3. The summed E-state index contributed by atoms with van der Waals surface area (Å²) in [4.78, 5) is 17.1. The lowest BCUT2D eigenvalue weighted by Gasteiger charge is -2.33. The number of pyridine rings is 1. The fourth-order valence-corrected chi connectivity index (χ4v) is 2.60. The lowest BCUT2D eigenvalue weighted by molar-refractivity contribution is -0.141.